The largest absolute Gasteiger partial charge is 0.482 e. The molecule has 0 unspecified atom stereocenters. The van der Waals surface area contributed by atoms with E-state index in [-0.39, 0.29) is 12.5 Å². The number of amides is 1. The Hall–Kier alpha value is -3.42. The molecule has 0 aliphatic carbocycles. The van der Waals surface area contributed by atoms with Gasteiger partial charge in [-0.1, -0.05) is 18.2 Å². The summed E-state index contributed by atoms with van der Waals surface area (Å²) in [6.07, 6.45) is 3.54. The predicted molar refractivity (Wildman–Crippen MR) is 91.9 cm³/mol. The lowest BCUT2D eigenvalue weighted by atomic mass is 10.1. The minimum Gasteiger partial charge on any atom is -0.482 e. The molecule has 1 aliphatic heterocycles. The van der Waals surface area contributed by atoms with E-state index in [0.29, 0.717) is 17.3 Å². The topological polar surface area (TPSA) is 91.2 Å². The molecule has 1 aliphatic rings. The number of carbonyl (C=O) groups excluding carboxylic acids is 1. The first-order chi connectivity index (χ1) is 12.7. The second-order valence-corrected chi connectivity index (χ2v) is 5.85. The molecule has 0 saturated heterocycles. The Morgan fingerprint density at radius 1 is 1.19 bits per heavy atom. The van der Waals surface area contributed by atoms with Crippen LogP contribution in [0, 0.1) is 0 Å². The minimum absolute atomic E-state index is 0.250. The van der Waals surface area contributed by atoms with E-state index in [1.807, 2.05) is 31.2 Å². The average Bonchev–Trinajstić information content (AvgIpc) is 3.20. The van der Waals surface area contributed by atoms with Gasteiger partial charge < -0.3 is 14.8 Å². The number of hydrogen-bond acceptors (Lipinski definition) is 6. The third kappa shape index (κ3) is 3.08. The molecule has 1 aromatic carbocycles. The molecule has 26 heavy (non-hydrogen) atoms. The van der Waals surface area contributed by atoms with Crippen LogP contribution in [-0.4, -0.2) is 37.9 Å². The van der Waals surface area contributed by atoms with Crippen molar-refractivity contribution in [2.45, 2.75) is 25.7 Å². The van der Waals surface area contributed by atoms with Gasteiger partial charge >= 0.3 is 0 Å². The van der Waals surface area contributed by atoms with Crippen molar-refractivity contribution in [3.63, 3.8) is 0 Å². The minimum atomic E-state index is -0.726. The van der Waals surface area contributed by atoms with Gasteiger partial charge in [-0.2, -0.15) is 5.10 Å². The molecule has 3 heterocycles. The summed E-state index contributed by atoms with van der Waals surface area (Å²) in [5.41, 5.74) is 0.816. The summed E-state index contributed by atoms with van der Waals surface area (Å²) >= 11 is 0. The number of pyridine rings is 1. The monoisotopic (exact) mass is 351 g/mol. The maximum Gasteiger partial charge on any atom is 0.265 e. The number of para-hydroxylation sites is 2. The van der Waals surface area contributed by atoms with Crippen molar-refractivity contribution >= 4 is 5.91 Å². The number of benzene rings is 1. The molecule has 0 saturated carbocycles. The van der Waals surface area contributed by atoms with Gasteiger partial charge in [0.25, 0.3) is 5.91 Å². The Balaban J connectivity index is 1.47. The average molecular weight is 351 g/mol. The van der Waals surface area contributed by atoms with Crippen molar-refractivity contribution in [1.82, 2.24) is 25.1 Å². The molecule has 0 radical (unpaired) electrons. The second-order valence-electron chi connectivity index (χ2n) is 5.85. The smallest absolute Gasteiger partial charge is 0.265 e. The summed E-state index contributed by atoms with van der Waals surface area (Å²) in [6, 6.07) is 11.0. The number of ether oxygens (including phenoxy) is 2. The van der Waals surface area contributed by atoms with Gasteiger partial charge in [-0.15, -0.1) is 0 Å². The van der Waals surface area contributed by atoms with Crippen LogP contribution in [0.5, 0.6) is 11.5 Å². The zero-order chi connectivity index (χ0) is 17.9. The van der Waals surface area contributed by atoms with E-state index >= 15 is 0 Å². The van der Waals surface area contributed by atoms with Gasteiger partial charge in [-0.05, 0) is 25.1 Å². The molecule has 0 bridgehead atoms. The van der Waals surface area contributed by atoms with Crippen LogP contribution in [0.4, 0.5) is 0 Å². The molecule has 4 rings (SSSR count). The highest BCUT2D eigenvalue weighted by atomic mass is 16.6. The molecule has 3 aromatic rings. The number of nitrogens with one attached hydrogen (secondary N) is 1. The maximum absolute atomic E-state index is 12.6. The Bertz CT molecular complexity index is 913. The molecule has 8 heteroatoms. The third-order valence-electron chi connectivity index (χ3n) is 4.06. The Morgan fingerprint density at radius 3 is 2.77 bits per heavy atom. The normalized spacial score (nSPS) is 18.3. The van der Waals surface area contributed by atoms with Gasteiger partial charge in [0, 0.05) is 18.3 Å². The first-order valence-corrected chi connectivity index (χ1v) is 8.21. The summed E-state index contributed by atoms with van der Waals surface area (Å²) in [5, 5.41) is 6.97. The lowest BCUT2D eigenvalue weighted by Gasteiger charge is -2.31. The Morgan fingerprint density at radius 2 is 2.00 bits per heavy atom. The number of fused-ring (bicyclic) bond motifs is 1. The van der Waals surface area contributed by atoms with Crippen LogP contribution in [0.2, 0.25) is 0 Å². The van der Waals surface area contributed by atoms with E-state index in [0.717, 1.165) is 5.56 Å². The van der Waals surface area contributed by atoms with Gasteiger partial charge in [-0.3, -0.25) is 4.79 Å². The fourth-order valence-electron chi connectivity index (χ4n) is 2.78. The molecular formula is C18H17N5O3. The summed E-state index contributed by atoms with van der Waals surface area (Å²) in [6.45, 7) is 2.10. The number of nitrogens with zero attached hydrogens (tertiary/aromatic N) is 4. The van der Waals surface area contributed by atoms with Crippen molar-refractivity contribution < 1.29 is 14.3 Å². The van der Waals surface area contributed by atoms with Gasteiger partial charge in [0.15, 0.2) is 17.3 Å². The molecule has 2 atom stereocenters. The van der Waals surface area contributed by atoms with Crippen molar-refractivity contribution in [3.05, 3.63) is 60.8 Å². The zero-order valence-corrected chi connectivity index (χ0v) is 14.1. The van der Waals surface area contributed by atoms with Crippen LogP contribution in [0.15, 0.2) is 55.2 Å². The number of rotatable bonds is 4. The van der Waals surface area contributed by atoms with Crippen molar-refractivity contribution in [2.24, 2.45) is 0 Å². The lowest BCUT2D eigenvalue weighted by molar-refractivity contribution is -0.133. The molecule has 0 spiro atoms. The molecule has 1 amide bonds. The number of hydrogen-bond donors (Lipinski definition) is 1. The molecule has 132 valence electrons. The molecule has 8 nitrogen and oxygen atoms in total. The fourth-order valence-corrected chi connectivity index (χ4v) is 2.78. The summed E-state index contributed by atoms with van der Waals surface area (Å²) in [7, 11) is 0. The quantitative estimate of drug-likeness (QED) is 0.766. The molecule has 0 fully saturated rings. The standard InChI is InChI=1S/C18H17N5O3/c1-12-16(26-15-7-3-2-6-14(15)25-12)18(24)21-9-13-5-4-8-20-17(13)23-11-19-10-22-23/h2-8,10-12,16H,9H2,1H3,(H,21,24)/t12-,16-/m1/s1. The molecule has 1 N–H and O–H groups in total. The molecule has 2 aromatic heterocycles. The van der Waals surface area contributed by atoms with Gasteiger partial charge in [0.1, 0.15) is 18.8 Å². The van der Waals surface area contributed by atoms with Gasteiger partial charge in [0.05, 0.1) is 0 Å². The van der Waals surface area contributed by atoms with E-state index in [1.165, 1.54) is 6.33 Å². The van der Waals surface area contributed by atoms with Crippen LogP contribution in [0.3, 0.4) is 0 Å². The molecular weight excluding hydrogens is 334 g/mol. The van der Waals surface area contributed by atoms with Gasteiger partial charge in [-0.25, -0.2) is 14.6 Å². The van der Waals surface area contributed by atoms with E-state index in [4.69, 9.17) is 9.47 Å². The van der Waals surface area contributed by atoms with Crippen LogP contribution in [0.1, 0.15) is 12.5 Å². The number of aromatic nitrogens is 4. The van der Waals surface area contributed by atoms with Gasteiger partial charge in [0.2, 0.25) is 6.10 Å². The van der Waals surface area contributed by atoms with Crippen LogP contribution < -0.4 is 14.8 Å². The fraction of sp³-hybridized carbons (Fsp3) is 0.222. The first kappa shape index (κ1) is 16.1. The van der Waals surface area contributed by atoms with Crippen LogP contribution in [0.25, 0.3) is 5.82 Å². The van der Waals surface area contributed by atoms with Crippen LogP contribution in [-0.2, 0) is 11.3 Å². The summed E-state index contributed by atoms with van der Waals surface area (Å²) in [4.78, 5) is 20.9. The second kappa shape index (κ2) is 6.83. The van der Waals surface area contributed by atoms with E-state index < -0.39 is 12.2 Å². The van der Waals surface area contributed by atoms with E-state index in [9.17, 15) is 4.79 Å². The SMILES string of the molecule is C[C@H]1Oc2ccccc2O[C@H]1C(=O)NCc1cccnc1-n1cncn1. The summed E-state index contributed by atoms with van der Waals surface area (Å²) < 4.78 is 13.2. The van der Waals surface area contributed by atoms with Crippen molar-refractivity contribution in [2.75, 3.05) is 0 Å². The van der Waals surface area contributed by atoms with Crippen molar-refractivity contribution in [3.8, 4) is 17.3 Å². The maximum atomic E-state index is 12.6. The zero-order valence-electron chi connectivity index (χ0n) is 14.1. The Labute approximate surface area is 149 Å². The Kier molecular flexibility index (Phi) is 4.22. The van der Waals surface area contributed by atoms with Crippen molar-refractivity contribution in [1.29, 1.82) is 0 Å². The number of carbonyl (C=O) groups is 1. The van der Waals surface area contributed by atoms with E-state index in [2.05, 4.69) is 20.4 Å². The lowest BCUT2D eigenvalue weighted by Crippen LogP contribution is -2.48. The first-order valence-electron chi connectivity index (χ1n) is 8.21. The van der Waals surface area contributed by atoms with Crippen LogP contribution >= 0.6 is 0 Å². The summed E-state index contributed by atoms with van der Waals surface area (Å²) in [5.74, 6) is 1.57. The third-order valence-corrected chi connectivity index (χ3v) is 4.06. The highest BCUT2D eigenvalue weighted by molar-refractivity contribution is 5.82. The highest BCUT2D eigenvalue weighted by Gasteiger charge is 2.33. The predicted octanol–water partition coefficient (Wildman–Crippen LogP) is 1.51. The highest BCUT2D eigenvalue weighted by Crippen LogP contribution is 2.33. The van der Waals surface area contributed by atoms with E-state index in [1.54, 1.807) is 29.3 Å².